The molecule has 11 heteroatoms. The molecular formula is C16H15N9O2. The van der Waals surface area contributed by atoms with E-state index in [0.29, 0.717) is 28.1 Å². The monoisotopic (exact) mass is 365 g/mol. The van der Waals surface area contributed by atoms with Crippen LogP contribution in [0.4, 0.5) is 11.5 Å². The average molecular weight is 365 g/mol. The molecule has 136 valence electrons. The molecule has 11 nitrogen and oxygen atoms in total. The van der Waals surface area contributed by atoms with Gasteiger partial charge in [-0.25, -0.2) is 14.6 Å². The second-order valence-electron chi connectivity index (χ2n) is 6.14. The van der Waals surface area contributed by atoms with Crippen LogP contribution in [0.2, 0.25) is 0 Å². The molecule has 0 amide bonds. The van der Waals surface area contributed by atoms with E-state index >= 15 is 0 Å². The third-order valence-corrected chi connectivity index (χ3v) is 4.08. The number of nitrogen functional groups attached to an aromatic ring is 1. The van der Waals surface area contributed by atoms with Gasteiger partial charge >= 0.3 is 0 Å². The Hall–Kier alpha value is -3.89. The second-order valence-corrected chi connectivity index (χ2v) is 6.14. The third kappa shape index (κ3) is 2.65. The molecule has 0 aliphatic carbocycles. The molecule has 4 rings (SSSR count). The Morgan fingerprint density at radius 2 is 2.00 bits per heavy atom. The van der Waals surface area contributed by atoms with Gasteiger partial charge in [-0.2, -0.15) is 4.68 Å². The van der Waals surface area contributed by atoms with Crippen molar-refractivity contribution in [1.82, 2.24) is 34.7 Å². The number of fused-ring (bicyclic) bond motifs is 1. The quantitative estimate of drug-likeness (QED) is 0.428. The lowest BCUT2D eigenvalue weighted by Crippen LogP contribution is -2.05. The fraction of sp³-hybridized carbons (Fsp3) is 0.188. The van der Waals surface area contributed by atoms with Crippen LogP contribution in [0, 0.1) is 10.1 Å². The van der Waals surface area contributed by atoms with E-state index in [-0.39, 0.29) is 17.5 Å². The minimum absolute atomic E-state index is 0.0359. The van der Waals surface area contributed by atoms with Crippen molar-refractivity contribution in [2.75, 3.05) is 5.73 Å². The predicted molar refractivity (Wildman–Crippen MR) is 97.1 cm³/mol. The van der Waals surface area contributed by atoms with Crippen molar-refractivity contribution >= 4 is 22.5 Å². The highest BCUT2D eigenvalue weighted by molar-refractivity contribution is 5.92. The van der Waals surface area contributed by atoms with Crippen LogP contribution in [0.5, 0.6) is 0 Å². The topological polar surface area (TPSA) is 143 Å². The van der Waals surface area contributed by atoms with E-state index in [9.17, 15) is 10.1 Å². The molecule has 0 saturated carbocycles. The van der Waals surface area contributed by atoms with Gasteiger partial charge in [0.1, 0.15) is 23.2 Å². The zero-order chi connectivity index (χ0) is 19.1. The normalized spacial score (nSPS) is 11.4. The maximum absolute atomic E-state index is 11.3. The molecule has 0 fully saturated rings. The van der Waals surface area contributed by atoms with Crippen molar-refractivity contribution in [3.8, 4) is 17.1 Å². The van der Waals surface area contributed by atoms with Gasteiger partial charge in [0.15, 0.2) is 11.5 Å². The number of hydrogen-bond donors (Lipinski definition) is 1. The average Bonchev–Trinajstić information content (AvgIpc) is 3.27. The molecule has 0 bridgehead atoms. The first kappa shape index (κ1) is 16.6. The van der Waals surface area contributed by atoms with Crippen LogP contribution in [0.1, 0.15) is 19.9 Å². The molecule has 0 unspecified atom stereocenters. The van der Waals surface area contributed by atoms with Crippen LogP contribution < -0.4 is 5.73 Å². The Kier molecular flexibility index (Phi) is 3.76. The number of nitro groups is 1. The van der Waals surface area contributed by atoms with E-state index in [0.717, 1.165) is 0 Å². The summed E-state index contributed by atoms with van der Waals surface area (Å²) in [6, 6.07) is 6.38. The highest BCUT2D eigenvalue weighted by Gasteiger charge is 2.22. The van der Waals surface area contributed by atoms with Gasteiger partial charge in [-0.15, -0.1) is 10.2 Å². The molecule has 0 aliphatic rings. The highest BCUT2D eigenvalue weighted by Crippen LogP contribution is 2.30. The number of rotatable bonds is 4. The zero-order valence-electron chi connectivity index (χ0n) is 14.5. The van der Waals surface area contributed by atoms with Gasteiger partial charge in [-0.1, -0.05) is 17.3 Å². The summed E-state index contributed by atoms with van der Waals surface area (Å²) in [6.07, 6.45) is 2.95. The van der Waals surface area contributed by atoms with E-state index in [4.69, 9.17) is 5.73 Å². The van der Waals surface area contributed by atoms with Crippen molar-refractivity contribution in [2.45, 2.75) is 19.9 Å². The zero-order valence-corrected chi connectivity index (χ0v) is 14.5. The number of hydrogen-bond acceptors (Lipinski definition) is 8. The molecule has 27 heavy (non-hydrogen) atoms. The van der Waals surface area contributed by atoms with Crippen LogP contribution in [0.25, 0.3) is 28.1 Å². The lowest BCUT2D eigenvalue weighted by Gasteiger charge is -2.05. The van der Waals surface area contributed by atoms with E-state index in [2.05, 4.69) is 25.4 Å². The molecule has 2 N–H and O–H groups in total. The van der Waals surface area contributed by atoms with Gasteiger partial charge in [0, 0.05) is 12.1 Å². The molecular weight excluding hydrogens is 350 g/mol. The summed E-state index contributed by atoms with van der Waals surface area (Å²) >= 11 is 0. The summed E-state index contributed by atoms with van der Waals surface area (Å²) in [6.45, 7) is 3.93. The summed E-state index contributed by atoms with van der Waals surface area (Å²) in [5.74, 6) is 0.679. The van der Waals surface area contributed by atoms with Gasteiger partial charge in [-0.05, 0) is 19.9 Å². The molecule has 3 heterocycles. The summed E-state index contributed by atoms with van der Waals surface area (Å²) < 4.78 is 3.14. The van der Waals surface area contributed by atoms with Gasteiger partial charge < -0.3 is 5.73 Å². The number of aromatic nitrogens is 7. The minimum Gasteiger partial charge on any atom is -0.383 e. The van der Waals surface area contributed by atoms with Crippen molar-refractivity contribution in [2.24, 2.45) is 0 Å². The van der Waals surface area contributed by atoms with Crippen LogP contribution in [0.3, 0.4) is 0 Å². The number of benzene rings is 1. The second kappa shape index (κ2) is 6.12. The Bertz CT molecular complexity index is 1160. The largest absolute Gasteiger partial charge is 0.383 e. The van der Waals surface area contributed by atoms with Gasteiger partial charge in [0.25, 0.3) is 5.69 Å². The summed E-state index contributed by atoms with van der Waals surface area (Å²) in [4.78, 5) is 19.1. The first-order chi connectivity index (χ1) is 13.0. The van der Waals surface area contributed by atoms with Crippen LogP contribution >= 0.6 is 0 Å². The minimum atomic E-state index is -0.455. The Morgan fingerprint density at radius 3 is 2.74 bits per heavy atom. The molecule has 1 aromatic carbocycles. The number of nitro benzene ring substituents is 1. The fourth-order valence-corrected chi connectivity index (χ4v) is 2.84. The van der Waals surface area contributed by atoms with Gasteiger partial charge in [-0.3, -0.25) is 10.1 Å². The van der Waals surface area contributed by atoms with E-state index in [1.54, 1.807) is 29.1 Å². The van der Waals surface area contributed by atoms with Gasteiger partial charge in [0.05, 0.1) is 16.7 Å². The number of nitrogens with two attached hydrogens (primary N) is 1. The summed E-state index contributed by atoms with van der Waals surface area (Å²) in [5.41, 5.74) is 7.28. The standard InChI is InChI=1S/C16H15N9O2/c1-9(2)24-15-13(14(17)18-8-19-15)16(21-24)23-7-11(20-22-23)10-5-3-4-6-12(10)25(26)27/h3-9H,1-2H3,(H2,17,18,19). The number of anilines is 1. The molecule has 4 aromatic rings. The van der Waals surface area contributed by atoms with E-state index < -0.39 is 4.92 Å². The SMILES string of the molecule is CC(C)n1nc(-n2cc(-c3ccccc3[N+](=O)[O-])nn2)c2c(N)ncnc21. The maximum Gasteiger partial charge on any atom is 0.278 e. The van der Waals surface area contributed by atoms with Gasteiger partial charge in [0.2, 0.25) is 0 Å². The van der Waals surface area contributed by atoms with Crippen molar-refractivity contribution < 1.29 is 4.92 Å². The Balaban J connectivity index is 1.89. The third-order valence-electron chi connectivity index (χ3n) is 4.08. The Morgan fingerprint density at radius 1 is 1.22 bits per heavy atom. The molecule has 0 radical (unpaired) electrons. The van der Waals surface area contributed by atoms with Crippen molar-refractivity contribution in [1.29, 1.82) is 0 Å². The predicted octanol–water partition coefficient (Wildman–Crippen LogP) is 2.15. The first-order valence-corrected chi connectivity index (χ1v) is 8.12. The van der Waals surface area contributed by atoms with E-state index in [1.807, 2.05) is 13.8 Å². The van der Waals surface area contributed by atoms with Crippen LogP contribution in [-0.4, -0.2) is 39.7 Å². The smallest absolute Gasteiger partial charge is 0.278 e. The number of nitrogens with zero attached hydrogens (tertiary/aromatic N) is 8. The maximum atomic E-state index is 11.3. The van der Waals surface area contributed by atoms with Crippen LogP contribution in [-0.2, 0) is 0 Å². The summed E-state index contributed by atoms with van der Waals surface area (Å²) in [7, 11) is 0. The molecule has 0 atom stereocenters. The number of para-hydroxylation sites is 1. The Labute approximate surface area is 152 Å². The molecule has 3 aromatic heterocycles. The van der Waals surface area contributed by atoms with Crippen molar-refractivity contribution in [3.05, 3.63) is 46.9 Å². The van der Waals surface area contributed by atoms with Crippen LogP contribution in [0.15, 0.2) is 36.8 Å². The lowest BCUT2D eigenvalue weighted by molar-refractivity contribution is -0.384. The molecule has 0 aliphatic heterocycles. The first-order valence-electron chi connectivity index (χ1n) is 8.12. The highest BCUT2D eigenvalue weighted by atomic mass is 16.6. The fourth-order valence-electron chi connectivity index (χ4n) is 2.84. The lowest BCUT2D eigenvalue weighted by atomic mass is 10.1. The van der Waals surface area contributed by atoms with Crippen molar-refractivity contribution in [3.63, 3.8) is 0 Å². The summed E-state index contributed by atoms with van der Waals surface area (Å²) in [5, 5.41) is 24.5. The molecule has 0 saturated heterocycles. The molecule has 0 spiro atoms. The van der Waals surface area contributed by atoms with E-state index in [1.165, 1.54) is 17.1 Å².